The first kappa shape index (κ1) is 21.4. The fourth-order valence-electron chi connectivity index (χ4n) is 4.68. The number of aromatic nitrogens is 5. The van der Waals surface area contributed by atoms with Crippen LogP contribution in [0.15, 0.2) is 36.9 Å². The van der Waals surface area contributed by atoms with Crippen LogP contribution in [-0.4, -0.2) is 61.8 Å². The Hall–Kier alpha value is -3.40. The summed E-state index contributed by atoms with van der Waals surface area (Å²) < 4.78 is 6.79. The van der Waals surface area contributed by atoms with Crippen molar-refractivity contribution >= 4 is 35.0 Å². The number of rotatable bonds is 6. The summed E-state index contributed by atoms with van der Waals surface area (Å²) in [6.45, 7) is 3.33. The van der Waals surface area contributed by atoms with E-state index < -0.39 is 0 Å². The molecule has 1 saturated carbocycles. The van der Waals surface area contributed by atoms with Crippen LogP contribution >= 0.6 is 11.6 Å². The van der Waals surface area contributed by atoms with Crippen molar-refractivity contribution in [2.24, 2.45) is 11.8 Å². The minimum absolute atomic E-state index is 0.162. The highest BCUT2D eigenvalue weighted by molar-refractivity contribution is 6.32. The summed E-state index contributed by atoms with van der Waals surface area (Å²) in [7, 11) is 1.58. The molecule has 33 heavy (non-hydrogen) atoms. The van der Waals surface area contributed by atoms with Gasteiger partial charge in [-0.3, -0.25) is 4.79 Å². The lowest BCUT2D eigenvalue weighted by Crippen LogP contribution is -2.29. The second-order valence-electron chi connectivity index (χ2n) is 8.50. The third-order valence-corrected chi connectivity index (χ3v) is 6.59. The second-order valence-corrected chi connectivity index (χ2v) is 8.91. The number of halogens is 1. The Morgan fingerprint density at radius 1 is 1.15 bits per heavy atom. The molecule has 1 aliphatic heterocycles. The van der Waals surface area contributed by atoms with Gasteiger partial charge in [0.15, 0.2) is 5.82 Å². The highest BCUT2D eigenvalue weighted by atomic mass is 35.5. The van der Waals surface area contributed by atoms with Crippen LogP contribution in [0.4, 0.5) is 17.5 Å². The van der Waals surface area contributed by atoms with Crippen molar-refractivity contribution in [3.8, 4) is 11.6 Å². The Morgan fingerprint density at radius 3 is 2.61 bits per heavy atom. The zero-order chi connectivity index (χ0) is 22.9. The number of pyridine rings is 1. The van der Waals surface area contributed by atoms with Gasteiger partial charge in [-0.1, -0.05) is 11.6 Å². The van der Waals surface area contributed by atoms with Crippen LogP contribution < -0.4 is 15.4 Å². The molecule has 1 amide bonds. The summed E-state index contributed by atoms with van der Waals surface area (Å²) in [5.74, 6) is 2.80. The van der Waals surface area contributed by atoms with E-state index in [2.05, 4.69) is 30.7 Å². The summed E-state index contributed by atoms with van der Waals surface area (Å²) in [6.07, 6.45) is 8.79. The molecule has 0 radical (unpaired) electrons. The first-order chi connectivity index (χ1) is 16.0. The fraction of sp³-hybridized carbons (Fsp3) is 0.409. The number of nitrogens with one attached hydrogen (secondary N) is 2. The molecule has 10 nitrogen and oxygen atoms in total. The van der Waals surface area contributed by atoms with Crippen molar-refractivity contribution in [3.63, 3.8) is 0 Å². The first-order valence-corrected chi connectivity index (χ1v) is 11.2. The molecule has 3 aromatic heterocycles. The molecule has 1 aliphatic carbocycles. The molecule has 4 heterocycles. The standard InChI is InChI=1S/C22H25ClN8O2/c1-13(32)30-10-14-5-16(6-15(14)11-30)27-21-19(23)9-25-22(29-21)28-17-7-26-31(12-17)18-3-4-20(33-2)24-8-18/h3-4,7-9,12,14-16H,5-6,10-11H2,1-2H3,(H2,25,27,28,29)/t14-,15?,16?/m0/s1. The van der Waals surface area contributed by atoms with Crippen LogP contribution in [0.2, 0.25) is 5.02 Å². The molecule has 11 heteroatoms. The molecule has 2 N–H and O–H groups in total. The average molecular weight is 469 g/mol. The first-order valence-electron chi connectivity index (χ1n) is 10.8. The quantitative estimate of drug-likeness (QED) is 0.567. The molecule has 0 bridgehead atoms. The van der Waals surface area contributed by atoms with Gasteiger partial charge < -0.3 is 20.3 Å². The van der Waals surface area contributed by atoms with Gasteiger partial charge in [0.1, 0.15) is 5.02 Å². The molecule has 2 unspecified atom stereocenters. The molecular formula is C22H25ClN8O2. The van der Waals surface area contributed by atoms with Gasteiger partial charge in [-0.2, -0.15) is 10.1 Å². The molecule has 3 aromatic rings. The molecule has 172 valence electrons. The molecule has 3 atom stereocenters. The summed E-state index contributed by atoms with van der Waals surface area (Å²) in [5.41, 5.74) is 1.54. The van der Waals surface area contributed by atoms with Crippen LogP contribution in [0, 0.1) is 11.8 Å². The molecule has 0 aromatic carbocycles. The van der Waals surface area contributed by atoms with Crippen LogP contribution in [0.3, 0.4) is 0 Å². The molecule has 2 aliphatic rings. The highest BCUT2D eigenvalue weighted by Crippen LogP contribution is 2.39. The minimum atomic E-state index is 0.162. The number of hydrogen-bond acceptors (Lipinski definition) is 8. The van der Waals surface area contributed by atoms with Gasteiger partial charge in [0, 0.05) is 32.1 Å². The lowest BCUT2D eigenvalue weighted by Gasteiger charge is -2.19. The number of amides is 1. The number of carbonyl (C=O) groups is 1. The van der Waals surface area contributed by atoms with Crippen molar-refractivity contribution in [2.45, 2.75) is 25.8 Å². The van der Waals surface area contributed by atoms with Gasteiger partial charge in [-0.05, 0) is 30.7 Å². The van der Waals surface area contributed by atoms with E-state index in [9.17, 15) is 4.79 Å². The maximum absolute atomic E-state index is 11.6. The van der Waals surface area contributed by atoms with Crippen molar-refractivity contribution in [2.75, 3.05) is 30.8 Å². The number of likely N-dealkylation sites (tertiary alicyclic amines) is 1. The van der Waals surface area contributed by atoms with E-state index in [1.54, 1.807) is 43.4 Å². The zero-order valence-corrected chi connectivity index (χ0v) is 19.2. The monoisotopic (exact) mass is 468 g/mol. The average Bonchev–Trinajstić information content (AvgIpc) is 3.51. The van der Waals surface area contributed by atoms with Crippen molar-refractivity contribution in [1.29, 1.82) is 0 Å². The highest BCUT2D eigenvalue weighted by Gasteiger charge is 2.41. The van der Waals surface area contributed by atoms with Gasteiger partial charge in [-0.15, -0.1) is 0 Å². The van der Waals surface area contributed by atoms with Gasteiger partial charge >= 0.3 is 0 Å². The summed E-state index contributed by atoms with van der Waals surface area (Å²) in [5, 5.41) is 11.5. The molecular weight excluding hydrogens is 444 g/mol. The maximum Gasteiger partial charge on any atom is 0.229 e. The summed E-state index contributed by atoms with van der Waals surface area (Å²) >= 11 is 6.37. The minimum Gasteiger partial charge on any atom is -0.481 e. The summed E-state index contributed by atoms with van der Waals surface area (Å²) in [6, 6.07) is 3.93. The topological polar surface area (TPSA) is 110 Å². The number of ether oxygens (including phenoxy) is 1. The Balaban J connectivity index is 1.23. The fourth-order valence-corrected chi connectivity index (χ4v) is 4.83. The normalized spacial score (nSPS) is 21.7. The molecule has 1 saturated heterocycles. The Labute approximate surface area is 196 Å². The number of anilines is 3. The lowest BCUT2D eigenvalue weighted by molar-refractivity contribution is -0.128. The second kappa shape index (κ2) is 8.86. The number of carbonyl (C=O) groups excluding carboxylic acids is 1. The third-order valence-electron chi connectivity index (χ3n) is 6.31. The maximum atomic E-state index is 11.6. The number of hydrogen-bond donors (Lipinski definition) is 2. The SMILES string of the molecule is COc1ccc(-n2cc(Nc3ncc(Cl)c(NC4CC5CN(C(C)=O)C[C@@H]5C4)n3)cn2)cn1. The van der Waals surface area contributed by atoms with E-state index in [0.29, 0.717) is 34.5 Å². The lowest BCUT2D eigenvalue weighted by atomic mass is 10.0. The van der Waals surface area contributed by atoms with Crippen LogP contribution in [0.5, 0.6) is 5.88 Å². The van der Waals surface area contributed by atoms with Crippen LogP contribution in [0.25, 0.3) is 5.69 Å². The number of methoxy groups -OCH3 is 1. The Morgan fingerprint density at radius 2 is 1.94 bits per heavy atom. The third kappa shape index (κ3) is 4.56. The zero-order valence-electron chi connectivity index (χ0n) is 18.4. The Bertz CT molecular complexity index is 1140. The smallest absolute Gasteiger partial charge is 0.229 e. The van der Waals surface area contributed by atoms with Gasteiger partial charge in [-0.25, -0.2) is 14.6 Å². The predicted octanol–water partition coefficient (Wildman–Crippen LogP) is 3.13. The van der Waals surface area contributed by atoms with Crippen molar-refractivity contribution in [3.05, 3.63) is 41.9 Å². The Kier molecular flexibility index (Phi) is 5.76. The van der Waals surface area contributed by atoms with E-state index in [1.807, 2.05) is 17.2 Å². The van der Waals surface area contributed by atoms with E-state index >= 15 is 0 Å². The van der Waals surface area contributed by atoms with E-state index in [0.717, 1.165) is 37.3 Å². The van der Waals surface area contributed by atoms with Gasteiger partial charge in [0.2, 0.25) is 17.7 Å². The van der Waals surface area contributed by atoms with Crippen molar-refractivity contribution in [1.82, 2.24) is 29.6 Å². The van der Waals surface area contributed by atoms with Crippen LogP contribution in [0.1, 0.15) is 19.8 Å². The van der Waals surface area contributed by atoms with E-state index in [-0.39, 0.29) is 11.9 Å². The summed E-state index contributed by atoms with van der Waals surface area (Å²) in [4.78, 5) is 26.7. The van der Waals surface area contributed by atoms with E-state index in [1.165, 1.54) is 0 Å². The molecule has 5 rings (SSSR count). The van der Waals surface area contributed by atoms with E-state index in [4.69, 9.17) is 16.3 Å². The van der Waals surface area contributed by atoms with Crippen molar-refractivity contribution < 1.29 is 9.53 Å². The predicted molar refractivity (Wildman–Crippen MR) is 124 cm³/mol. The molecule has 2 fully saturated rings. The van der Waals surface area contributed by atoms with Gasteiger partial charge in [0.25, 0.3) is 0 Å². The largest absolute Gasteiger partial charge is 0.481 e. The van der Waals surface area contributed by atoms with Gasteiger partial charge in [0.05, 0.1) is 43.3 Å². The number of nitrogens with zero attached hydrogens (tertiary/aromatic N) is 6. The number of fused-ring (bicyclic) bond motifs is 1. The molecule has 0 spiro atoms. The van der Waals surface area contributed by atoms with Crippen LogP contribution in [-0.2, 0) is 4.79 Å².